The molecule has 1 aliphatic rings. The summed E-state index contributed by atoms with van der Waals surface area (Å²) in [6.45, 7) is 0.172. The Balaban J connectivity index is 1.75. The zero-order chi connectivity index (χ0) is 12.3. The summed E-state index contributed by atoms with van der Waals surface area (Å²) in [5.74, 6) is 0. The van der Waals surface area contributed by atoms with E-state index in [2.05, 4.69) is 5.32 Å². The number of alkyl carbamates (subject to hydrolysis) is 1. The van der Waals surface area contributed by atoms with Crippen LogP contribution in [0.15, 0.2) is 30.3 Å². The Labute approximate surface area is 99.0 Å². The maximum atomic E-state index is 11.4. The number of hydrogen-bond donors (Lipinski definition) is 3. The van der Waals surface area contributed by atoms with E-state index in [4.69, 9.17) is 4.74 Å². The van der Waals surface area contributed by atoms with Crippen LogP contribution in [0.2, 0.25) is 0 Å². The zero-order valence-electron chi connectivity index (χ0n) is 9.24. The molecule has 5 nitrogen and oxygen atoms in total. The van der Waals surface area contributed by atoms with Crippen molar-refractivity contribution in [2.24, 2.45) is 0 Å². The second-order valence-electron chi connectivity index (χ2n) is 4.10. The van der Waals surface area contributed by atoms with E-state index >= 15 is 0 Å². The van der Waals surface area contributed by atoms with Gasteiger partial charge in [0.15, 0.2) is 0 Å². The number of aliphatic hydroxyl groups is 2. The molecule has 17 heavy (non-hydrogen) atoms. The highest BCUT2D eigenvalue weighted by atomic mass is 16.5. The van der Waals surface area contributed by atoms with Crippen molar-refractivity contribution in [3.8, 4) is 0 Å². The molecule has 1 fully saturated rings. The highest BCUT2D eigenvalue weighted by Gasteiger charge is 2.40. The first-order valence-electron chi connectivity index (χ1n) is 5.50. The third-order valence-corrected chi connectivity index (χ3v) is 2.81. The molecule has 1 aromatic carbocycles. The number of amides is 1. The summed E-state index contributed by atoms with van der Waals surface area (Å²) in [7, 11) is 0. The van der Waals surface area contributed by atoms with Crippen LogP contribution in [0.5, 0.6) is 0 Å². The van der Waals surface area contributed by atoms with Crippen molar-refractivity contribution >= 4 is 6.09 Å². The number of nitrogens with one attached hydrogen (secondary N) is 1. The molecule has 1 aromatic rings. The number of benzene rings is 1. The molecule has 5 heteroatoms. The standard InChI is InChI=1S/C12H15NO4/c14-9-6-10(15)11(9)13-12(16)17-7-8-4-2-1-3-5-8/h1-5,9-11,14-15H,6-7H2,(H,13,16). The van der Waals surface area contributed by atoms with E-state index in [0.717, 1.165) is 5.56 Å². The molecule has 92 valence electrons. The van der Waals surface area contributed by atoms with Crippen LogP contribution in [0.4, 0.5) is 4.79 Å². The monoisotopic (exact) mass is 237 g/mol. The fourth-order valence-electron chi connectivity index (χ4n) is 1.69. The number of hydrogen-bond acceptors (Lipinski definition) is 4. The minimum absolute atomic E-state index is 0.172. The van der Waals surface area contributed by atoms with Gasteiger partial charge in [-0.1, -0.05) is 30.3 Å². The van der Waals surface area contributed by atoms with Gasteiger partial charge in [-0.15, -0.1) is 0 Å². The summed E-state index contributed by atoms with van der Waals surface area (Å²) in [5.41, 5.74) is 0.886. The highest BCUT2D eigenvalue weighted by molar-refractivity contribution is 5.68. The Hall–Kier alpha value is -1.59. The molecule has 1 amide bonds. The normalized spacial score (nSPS) is 27.1. The predicted octanol–water partition coefficient (Wildman–Crippen LogP) is 0.407. The van der Waals surface area contributed by atoms with Gasteiger partial charge >= 0.3 is 6.09 Å². The van der Waals surface area contributed by atoms with Crippen molar-refractivity contribution in [2.75, 3.05) is 0 Å². The van der Waals surface area contributed by atoms with Gasteiger partial charge < -0.3 is 20.3 Å². The van der Waals surface area contributed by atoms with Gasteiger partial charge in [0.1, 0.15) is 6.61 Å². The second-order valence-corrected chi connectivity index (χ2v) is 4.10. The number of rotatable bonds is 3. The summed E-state index contributed by atoms with van der Waals surface area (Å²) >= 11 is 0. The van der Waals surface area contributed by atoms with Crippen LogP contribution >= 0.6 is 0 Å². The SMILES string of the molecule is O=C(NC1C(O)CC1O)OCc1ccccc1. The minimum atomic E-state index is -0.686. The van der Waals surface area contributed by atoms with Crippen LogP contribution in [0, 0.1) is 0 Å². The largest absolute Gasteiger partial charge is 0.445 e. The molecular weight excluding hydrogens is 222 g/mol. The molecule has 2 rings (SSSR count). The molecule has 0 radical (unpaired) electrons. The molecule has 0 heterocycles. The minimum Gasteiger partial charge on any atom is -0.445 e. The Morgan fingerprint density at radius 3 is 2.53 bits per heavy atom. The van der Waals surface area contributed by atoms with Crippen LogP contribution < -0.4 is 5.32 Å². The van der Waals surface area contributed by atoms with Gasteiger partial charge in [-0.3, -0.25) is 0 Å². The lowest BCUT2D eigenvalue weighted by Gasteiger charge is -2.37. The first kappa shape index (κ1) is 11.9. The average Bonchev–Trinajstić information content (AvgIpc) is 2.35. The van der Waals surface area contributed by atoms with E-state index in [1.807, 2.05) is 30.3 Å². The van der Waals surface area contributed by atoms with Gasteiger partial charge in [-0.25, -0.2) is 4.79 Å². The Kier molecular flexibility index (Phi) is 3.61. The summed E-state index contributed by atoms with van der Waals surface area (Å²) in [4.78, 5) is 11.4. The van der Waals surface area contributed by atoms with E-state index in [-0.39, 0.29) is 6.61 Å². The quantitative estimate of drug-likeness (QED) is 0.711. The maximum Gasteiger partial charge on any atom is 0.407 e. The third kappa shape index (κ3) is 2.95. The summed E-state index contributed by atoms with van der Waals surface area (Å²) in [5, 5.41) is 21.0. The van der Waals surface area contributed by atoms with Crippen LogP contribution in [0.3, 0.4) is 0 Å². The van der Waals surface area contributed by atoms with Crippen molar-refractivity contribution < 1.29 is 19.7 Å². The average molecular weight is 237 g/mol. The van der Waals surface area contributed by atoms with E-state index in [9.17, 15) is 15.0 Å². The predicted molar refractivity (Wildman–Crippen MR) is 60.2 cm³/mol. The summed E-state index contributed by atoms with van der Waals surface area (Å²) in [6, 6.07) is 8.68. The fraction of sp³-hybridized carbons (Fsp3) is 0.417. The molecule has 0 aromatic heterocycles. The smallest absolute Gasteiger partial charge is 0.407 e. The molecule has 0 saturated heterocycles. The number of carbonyl (C=O) groups excluding carboxylic acids is 1. The first-order chi connectivity index (χ1) is 8.16. The van der Waals surface area contributed by atoms with Gasteiger partial charge in [0.05, 0.1) is 18.2 Å². The first-order valence-corrected chi connectivity index (χ1v) is 5.50. The molecule has 1 saturated carbocycles. The molecular formula is C12H15NO4. The van der Waals surface area contributed by atoms with Gasteiger partial charge in [0.2, 0.25) is 0 Å². The van der Waals surface area contributed by atoms with E-state index < -0.39 is 24.3 Å². The third-order valence-electron chi connectivity index (χ3n) is 2.81. The molecule has 0 spiro atoms. The topological polar surface area (TPSA) is 78.8 Å². The summed E-state index contributed by atoms with van der Waals surface area (Å²) < 4.78 is 4.96. The van der Waals surface area contributed by atoms with Gasteiger partial charge in [0.25, 0.3) is 0 Å². The van der Waals surface area contributed by atoms with E-state index in [1.54, 1.807) is 0 Å². The molecule has 1 aliphatic carbocycles. The lowest BCUT2D eigenvalue weighted by molar-refractivity contribution is -0.0623. The molecule has 2 atom stereocenters. The van der Waals surface area contributed by atoms with Crippen molar-refractivity contribution in [2.45, 2.75) is 31.3 Å². The van der Waals surface area contributed by atoms with Gasteiger partial charge in [0, 0.05) is 6.42 Å². The molecule has 0 bridgehead atoms. The molecule has 0 aliphatic heterocycles. The van der Waals surface area contributed by atoms with Crippen LogP contribution in [0.1, 0.15) is 12.0 Å². The van der Waals surface area contributed by atoms with Crippen molar-refractivity contribution in [3.05, 3.63) is 35.9 Å². The lowest BCUT2D eigenvalue weighted by atomic mass is 9.86. The van der Waals surface area contributed by atoms with E-state index in [0.29, 0.717) is 6.42 Å². The highest BCUT2D eigenvalue weighted by Crippen LogP contribution is 2.20. The maximum absolute atomic E-state index is 11.4. The number of carbonyl (C=O) groups is 1. The fourth-order valence-corrected chi connectivity index (χ4v) is 1.69. The summed E-state index contributed by atoms with van der Waals surface area (Å²) in [6.07, 6.45) is -1.70. The Bertz CT molecular complexity index is 373. The van der Waals surface area contributed by atoms with Crippen LogP contribution in [0.25, 0.3) is 0 Å². The Morgan fingerprint density at radius 1 is 1.29 bits per heavy atom. The van der Waals surface area contributed by atoms with Crippen LogP contribution in [-0.4, -0.2) is 34.6 Å². The zero-order valence-corrected chi connectivity index (χ0v) is 9.24. The molecule has 2 unspecified atom stereocenters. The van der Waals surface area contributed by atoms with Crippen molar-refractivity contribution in [3.63, 3.8) is 0 Å². The van der Waals surface area contributed by atoms with Gasteiger partial charge in [-0.2, -0.15) is 0 Å². The Morgan fingerprint density at radius 2 is 1.94 bits per heavy atom. The molecule has 3 N–H and O–H groups in total. The van der Waals surface area contributed by atoms with Crippen LogP contribution in [-0.2, 0) is 11.3 Å². The lowest BCUT2D eigenvalue weighted by Crippen LogP contribution is -2.60. The number of ether oxygens (including phenoxy) is 1. The second kappa shape index (κ2) is 5.16. The van der Waals surface area contributed by atoms with Crippen molar-refractivity contribution in [1.29, 1.82) is 0 Å². The van der Waals surface area contributed by atoms with Crippen molar-refractivity contribution in [1.82, 2.24) is 5.32 Å². The van der Waals surface area contributed by atoms with Gasteiger partial charge in [-0.05, 0) is 5.56 Å². The van der Waals surface area contributed by atoms with E-state index in [1.165, 1.54) is 0 Å². The number of aliphatic hydroxyl groups excluding tert-OH is 2.